The number of fused-ring (bicyclic) bond motifs is 1. The highest BCUT2D eigenvalue weighted by atomic mass is 35.5. The van der Waals surface area contributed by atoms with Gasteiger partial charge >= 0.3 is 0 Å². The van der Waals surface area contributed by atoms with Gasteiger partial charge in [0.2, 0.25) is 0 Å². The van der Waals surface area contributed by atoms with Gasteiger partial charge in [-0.3, -0.25) is 4.79 Å². The summed E-state index contributed by atoms with van der Waals surface area (Å²) in [6.07, 6.45) is 1.68. The summed E-state index contributed by atoms with van der Waals surface area (Å²) >= 11 is 0. The topological polar surface area (TPSA) is 73.6 Å². The lowest BCUT2D eigenvalue weighted by Gasteiger charge is -2.31. The van der Waals surface area contributed by atoms with Crippen LogP contribution >= 0.6 is 12.4 Å². The molecular weight excluding hydrogens is 316 g/mol. The maximum atomic E-state index is 12.5. The summed E-state index contributed by atoms with van der Waals surface area (Å²) in [4.78, 5) is 12.5. The molecule has 0 spiro atoms. The van der Waals surface area contributed by atoms with E-state index in [0.29, 0.717) is 42.7 Å². The summed E-state index contributed by atoms with van der Waals surface area (Å²) in [6.45, 7) is 7.86. The normalized spacial score (nSPS) is 16.0. The van der Waals surface area contributed by atoms with Crippen molar-refractivity contribution in [2.24, 2.45) is 11.7 Å². The molecule has 1 unspecified atom stereocenters. The molecule has 23 heavy (non-hydrogen) atoms. The minimum absolute atomic E-state index is 0. The Morgan fingerprint density at radius 3 is 2.57 bits per heavy atom. The lowest BCUT2D eigenvalue weighted by Crippen LogP contribution is -2.52. The van der Waals surface area contributed by atoms with Gasteiger partial charge in [-0.2, -0.15) is 0 Å². The van der Waals surface area contributed by atoms with Gasteiger partial charge < -0.3 is 20.5 Å². The number of ether oxygens (including phenoxy) is 2. The molecule has 1 aliphatic heterocycles. The summed E-state index contributed by atoms with van der Waals surface area (Å²) in [5.41, 5.74) is 6.01. The smallest absolute Gasteiger partial charge is 0.251 e. The van der Waals surface area contributed by atoms with E-state index in [1.807, 2.05) is 6.92 Å². The Balaban J connectivity index is 0.00000264. The average Bonchev–Trinajstić information content (AvgIpc) is 2.70. The number of carbonyl (C=O) groups is 1. The molecule has 1 aromatic carbocycles. The number of nitrogens with two attached hydrogens (primary N) is 1. The second kappa shape index (κ2) is 8.41. The number of hydrogen-bond acceptors (Lipinski definition) is 4. The van der Waals surface area contributed by atoms with Crippen LogP contribution in [0.1, 0.15) is 44.0 Å². The standard InChI is InChI=1S/C17H26N2O3.ClH/c1-12(2)10-17(3,11-18)19-16(20)13-5-6-14-15(9-13)22-8-4-7-21-14;/h5-6,9,12H,4,7-8,10-11,18H2,1-3H3,(H,19,20);1H. The fourth-order valence-electron chi connectivity index (χ4n) is 2.74. The van der Waals surface area contributed by atoms with E-state index in [2.05, 4.69) is 19.2 Å². The van der Waals surface area contributed by atoms with E-state index in [0.717, 1.165) is 12.8 Å². The Bertz CT molecular complexity index is 537. The first-order valence-corrected chi connectivity index (χ1v) is 7.86. The van der Waals surface area contributed by atoms with Gasteiger partial charge in [-0.25, -0.2) is 0 Å². The van der Waals surface area contributed by atoms with E-state index in [4.69, 9.17) is 15.2 Å². The summed E-state index contributed by atoms with van der Waals surface area (Å²) in [5, 5.41) is 3.05. The molecule has 0 saturated heterocycles. The van der Waals surface area contributed by atoms with E-state index in [1.54, 1.807) is 18.2 Å². The lowest BCUT2D eigenvalue weighted by molar-refractivity contribution is 0.0898. The highest BCUT2D eigenvalue weighted by Gasteiger charge is 2.26. The van der Waals surface area contributed by atoms with Crippen molar-refractivity contribution in [2.75, 3.05) is 19.8 Å². The van der Waals surface area contributed by atoms with Gasteiger partial charge in [0, 0.05) is 24.1 Å². The molecule has 5 nitrogen and oxygen atoms in total. The number of rotatable bonds is 5. The monoisotopic (exact) mass is 342 g/mol. The fourth-order valence-corrected chi connectivity index (χ4v) is 2.74. The summed E-state index contributed by atoms with van der Waals surface area (Å²) in [6, 6.07) is 5.29. The first kappa shape index (κ1) is 19.6. The molecule has 0 aromatic heterocycles. The Hall–Kier alpha value is -1.46. The zero-order valence-corrected chi connectivity index (χ0v) is 14.9. The van der Waals surface area contributed by atoms with Crippen LogP contribution in [0.25, 0.3) is 0 Å². The minimum atomic E-state index is -0.407. The van der Waals surface area contributed by atoms with Crippen molar-refractivity contribution >= 4 is 18.3 Å². The zero-order valence-electron chi connectivity index (χ0n) is 14.1. The van der Waals surface area contributed by atoms with E-state index in [-0.39, 0.29) is 18.3 Å². The van der Waals surface area contributed by atoms with Crippen molar-refractivity contribution in [2.45, 2.75) is 39.2 Å². The Kier molecular flexibility index (Phi) is 7.16. The minimum Gasteiger partial charge on any atom is -0.490 e. The molecule has 3 N–H and O–H groups in total. The van der Waals surface area contributed by atoms with Crippen molar-refractivity contribution < 1.29 is 14.3 Å². The number of halogens is 1. The third-order valence-corrected chi connectivity index (χ3v) is 3.73. The third-order valence-electron chi connectivity index (χ3n) is 3.73. The first-order valence-electron chi connectivity index (χ1n) is 7.86. The van der Waals surface area contributed by atoms with Crippen molar-refractivity contribution in [1.82, 2.24) is 5.32 Å². The predicted octanol–water partition coefficient (Wildman–Crippen LogP) is 2.76. The summed E-state index contributed by atoms with van der Waals surface area (Å²) < 4.78 is 11.2. The second-order valence-electron chi connectivity index (χ2n) is 6.53. The van der Waals surface area contributed by atoms with E-state index < -0.39 is 5.54 Å². The van der Waals surface area contributed by atoms with Crippen LogP contribution in [0, 0.1) is 5.92 Å². The largest absolute Gasteiger partial charge is 0.490 e. The molecule has 2 rings (SSSR count). The maximum Gasteiger partial charge on any atom is 0.251 e. The summed E-state index contributed by atoms with van der Waals surface area (Å²) in [5.74, 6) is 1.64. The van der Waals surface area contributed by atoms with Crippen molar-refractivity contribution in [3.05, 3.63) is 23.8 Å². The SMILES string of the molecule is CC(C)CC(C)(CN)NC(=O)c1ccc2c(c1)OCCCO2.Cl. The van der Waals surface area contributed by atoms with E-state index in [9.17, 15) is 4.79 Å². The van der Waals surface area contributed by atoms with Gasteiger partial charge in [0.1, 0.15) is 0 Å². The van der Waals surface area contributed by atoms with Crippen LogP contribution in [0.4, 0.5) is 0 Å². The molecule has 130 valence electrons. The number of nitrogens with one attached hydrogen (secondary N) is 1. The van der Waals surface area contributed by atoms with Crippen LogP contribution in [-0.4, -0.2) is 31.2 Å². The third kappa shape index (κ3) is 5.29. The molecule has 0 saturated carbocycles. The van der Waals surface area contributed by atoms with Crippen LogP contribution in [0.3, 0.4) is 0 Å². The lowest BCUT2D eigenvalue weighted by atomic mass is 9.90. The Labute approximate surface area is 144 Å². The predicted molar refractivity (Wildman–Crippen MR) is 93.7 cm³/mol. The molecule has 1 atom stereocenters. The molecule has 0 radical (unpaired) electrons. The van der Waals surface area contributed by atoms with Gasteiger partial charge in [0.25, 0.3) is 5.91 Å². The van der Waals surface area contributed by atoms with Gasteiger partial charge in [-0.05, 0) is 37.5 Å². The Morgan fingerprint density at radius 1 is 1.30 bits per heavy atom. The molecule has 1 heterocycles. The number of amides is 1. The number of carbonyl (C=O) groups excluding carboxylic acids is 1. The average molecular weight is 343 g/mol. The quantitative estimate of drug-likeness (QED) is 0.863. The van der Waals surface area contributed by atoms with E-state index in [1.165, 1.54) is 0 Å². The van der Waals surface area contributed by atoms with Crippen LogP contribution in [-0.2, 0) is 0 Å². The zero-order chi connectivity index (χ0) is 16.2. The molecule has 6 heteroatoms. The van der Waals surface area contributed by atoms with Crippen molar-refractivity contribution in [1.29, 1.82) is 0 Å². The van der Waals surface area contributed by atoms with Crippen LogP contribution in [0.15, 0.2) is 18.2 Å². The Morgan fingerprint density at radius 2 is 1.96 bits per heavy atom. The molecule has 1 aliphatic rings. The number of benzene rings is 1. The fraction of sp³-hybridized carbons (Fsp3) is 0.588. The van der Waals surface area contributed by atoms with Crippen molar-refractivity contribution in [3.63, 3.8) is 0 Å². The van der Waals surface area contributed by atoms with Gasteiger partial charge in [0.15, 0.2) is 11.5 Å². The van der Waals surface area contributed by atoms with Crippen LogP contribution in [0.2, 0.25) is 0 Å². The van der Waals surface area contributed by atoms with Crippen molar-refractivity contribution in [3.8, 4) is 11.5 Å². The molecule has 0 aliphatic carbocycles. The molecule has 1 amide bonds. The van der Waals surface area contributed by atoms with Crippen LogP contribution < -0.4 is 20.5 Å². The van der Waals surface area contributed by atoms with E-state index >= 15 is 0 Å². The highest BCUT2D eigenvalue weighted by Crippen LogP contribution is 2.30. The maximum absolute atomic E-state index is 12.5. The van der Waals surface area contributed by atoms with Crippen LogP contribution in [0.5, 0.6) is 11.5 Å². The number of hydrogen-bond donors (Lipinski definition) is 2. The molecule has 0 fully saturated rings. The van der Waals surface area contributed by atoms with Gasteiger partial charge in [-0.1, -0.05) is 13.8 Å². The first-order chi connectivity index (χ1) is 10.4. The van der Waals surface area contributed by atoms with Gasteiger partial charge in [-0.15, -0.1) is 12.4 Å². The van der Waals surface area contributed by atoms with Gasteiger partial charge in [0.05, 0.1) is 13.2 Å². The summed E-state index contributed by atoms with van der Waals surface area (Å²) in [7, 11) is 0. The molecular formula is C17H27ClN2O3. The molecule has 0 bridgehead atoms. The second-order valence-corrected chi connectivity index (χ2v) is 6.53. The molecule has 1 aromatic rings. The highest BCUT2D eigenvalue weighted by molar-refractivity contribution is 5.95.